The normalized spacial score (nSPS) is 11.1. The van der Waals surface area contributed by atoms with Crippen LogP contribution < -0.4 is 17.8 Å². The van der Waals surface area contributed by atoms with Crippen LogP contribution in [0.15, 0.2) is 35.4 Å². The van der Waals surface area contributed by atoms with E-state index in [0.29, 0.717) is 11.0 Å². The number of amides is 1. The molecular formula is C13H20ClN3O. The van der Waals surface area contributed by atoms with Gasteiger partial charge in [0.05, 0.1) is 21.1 Å². The average Bonchev–Trinajstić information content (AvgIpc) is 2.23. The number of hydrogen-bond donors (Lipinski definition) is 1. The number of halogens is 1. The molecule has 0 unspecified atom stereocenters. The summed E-state index contributed by atoms with van der Waals surface area (Å²) >= 11 is 0. The number of quaternary nitrogens is 1. The highest BCUT2D eigenvalue weighted by Gasteiger charge is 2.12. The van der Waals surface area contributed by atoms with Crippen molar-refractivity contribution in [3.8, 4) is 0 Å². The van der Waals surface area contributed by atoms with Gasteiger partial charge in [-0.25, -0.2) is 5.43 Å². The summed E-state index contributed by atoms with van der Waals surface area (Å²) in [6, 6.07) is 10.0. The first-order valence-electron chi connectivity index (χ1n) is 5.62. The predicted molar refractivity (Wildman–Crippen MR) is 69.7 cm³/mol. The maximum absolute atomic E-state index is 11.4. The van der Waals surface area contributed by atoms with E-state index in [-0.39, 0.29) is 18.3 Å². The number of hydrazone groups is 1. The Morgan fingerprint density at radius 1 is 1.28 bits per heavy atom. The standard InChI is InChI=1S/C13H19N3O.ClH/c1-16(2,3)11-13(17)15-14-10-9-12-7-5-4-6-8-12;/h4-8,10H,9,11H2,1-3H3;1H. The van der Waals surface area contributed by atoms with Gasteiger partial charge < -0.3 is 16.9 Å². The Balaban J connectivity index is 0.00000289. The van der Waals surface area contributed by atoms with Gasteiger partial charge in [0.25, 0.3) is 5.91 Å². The third kappa shape index (κ3) is 7.81. The van der Waals surface area contributed by atoms with Crippen LogP contribution in [0.5, 0.6) is 0 Å². The van der Waals surface area contributed by atoms with Crippen molar-refractivity contribution in [3.05, 3.63) is 35.9 Å². The molecule has 0 aliphatic rings. The Labute approximate surface area is 115 Å². The first-order chi connectivity index (χ1) is 7.97. The molecule has 0 heterocycles. The molecular weight excluding hydrogens is 250 g/mol. The molecule has 0 saturated heterocycles. The fraction of sp³-hybridized carbons (Fsp3) is 0.385. The van der Waals surface area contributed by atoms with Crippen LogP contribution in [0.1, 0.15) is 5.56 Å². The van der Waals surface area contributed by atoms with Crippen molar-refractivity contribution in [3.63, 3.8) is 0 Å². The predicted octanol–water partition coefficient (Wildman–Crippen LogP) is -1.96. The van der Waals surface area contributed by atoms with E-state index in [1.54, 1.807) is 6.21 Å². The van der Waals surface area contributed by atoms with Crippen molar-refractivity contribution < 1.29 is 21.7 Å². The SMILES string of the molecule is C[N+](C)(C)CC(=O)NN=CCc1ccccc1.[Cl-]. The fourth-order valence-electron chi connectivity index (χ4n) is 1.35. The van der Waals surface area contributed by atoms with Crippen molar-refractivity contribution in [2.75, 3.05) is 27.7 Å². The third-order valence-corrected chi connectivity index (χ3v) is 2.07. The Morgan fingerprint density at radius 2 is 1.89 bits per heavy atom. The summed E-state index contributed by atoms with van der Waals surface area (Å²) in [6.45, 7) is 0.419. The Hall–Kier alpha value is -1.39. The molecule has 0 aliphatic carbocycles. The second kappa shape index (κ2) is 7.84. The molecule has 1 amide bonds. The number of hydrogen-bond acceptors (Lipinski definition) is 2. The first kappa shape index (κ1) is 16.6. The Kier molecular flexibility index (Phi) is 7.24. The highest BCUT2D eigenvalue weighted by molar-refractivity contribution is 5.77. The molecule has 1 N–H and O–H groups in total. The van der Waals surface area contributed by atoms with Crippen molar-refractivity contribution in [1.29, 1.82) is 0 Å². The van der Waals surface area contributed by atoms with Crippen LogP contribution in [-0.2, 0) is 11.2 Å². The van der Waals surface area contributed by atoms with Crippen molar-refractivity contribution in [2.24, 2.45) is 5.10 Å². The number of benzene rings is 1. The molecule has 100 valence electrons. The van der Waals surface area contributed by atoms with E-state index in [4.69, 9.17) is 0 Å². The molecule has 0 aromatic heterocycles. The number of rotatable bonds is 5. The smallest absolute Gasteiger partial charge is 0.295 e. The topological polar surface area (TPSA) is 41.5 Å². The minimum absolute atomic E-state index is 0. The molecule has 0 fully saturated rings. The summed E-state index contributed by atoms with van der Waals surface area (Å²) in [5.74, 6) is -0.0678. The van der Waals surface area contributed by atoms with E-state index in [0.717, 1.165) is 6.42 Å². The number of carbonyl (C=O) groups excluding carboxylic acids is 1. The molecule has 0 saturated carbocycles. The third-order valence-electron chi connectivity index (χ3n) is 2.07. The van der Waals surface area contributed by atoms with E-state index in [1.807, 2.05) is 51.5 Å². The van der Waals surface area contributed by atoms with Gasteiger partial charge >= 0.3 is 0 Å². The lowest BCUT2D eigenvalue weighted by Gasteiger charge is -2.21. The Morgan fingerprint density at radius 3 is 2.44 bits per heavy atom. The molecule has 0 atom stereocenters. The lowest BCUT2D eigenvalue weighted by Crippen LogP contribution is -3.00. The van der Waals surface area contributed by atoms with Gasteiger partial charge in [-0.05, 0) is 5.56 Å². The molecule has 1 rings (SSSR count). The maximum atomic E-state index is 11.4. The molecule has 0 spiro atoms. The molecule has 1 aromatic carbocycles. The highest BCUT2D eigenvalue weighted by atomic mass is 35.5. The van der Waals surface area contributed by atoms with E-state index in [1.165, 1.54) is 5.56 Å². The van der Waals surface area contributed by atoms with Crippen molar-refractivity contribution in [2.45, 2.75) is 6.42 Å². The zero-order valence-electron chi connectivity index (χ0n) is 11.1. The molecule has 0 radical (unpaired) electrons. The van der Waals surface area contributed by atoms with Gasteiger partial charge in [-0.3, -0.25) is 4.79 Å². The fourth-order valence-corrected chi connectivity index (χ4v) is 1.35. The van der Waals surface area contributed by atoms with E-state index in [2.05, 4.69) is 10.5 Å². The van der Waals surface area contributed by atoms with Crippen LogP contribution >= 0.6 is 0 Å². The van der Waals surface area contributed by atoms with Gasteiger partial charge in [-0.2, -0.15) is 5.10 Å². The second-order valence-corrected chi connectivity index (χ2v) is 4.98. The number of carbonyl (C=O) groups is 1. The molecule has 0 aliphatic heterocycles. The maximum Gasteiger partial charge on any atom is 0.295 e. The van der Waals surface area contributed by atoms with Gasteiger partial charge in [0.2, 0.25) is 0 Å². The van der Waals surface area contributed by atoms with Gasteiger partial charge in [0, 0.05) is 12.6 Å². The number of likely N-dealkylation sites (N-methyl/N-ethyl adjacent to an activating group) is 1. The van der Waals surface area contributed by atoms with Crippen LogP contribution in [0.4, 0.5) is 0 Å². The summed E-state index contributed by atoms with van der Waals surface area (Å²) in [7, 11) is 5.90. The summed E-state index contributed by atoms with van der Waals surface area (Å²) < 4.78 is 0.597. The summed E-state index contributed by atoms with van der Waals surface area (Å²) in [5, 5.41) is 3.92. The van der Waals surface area contributed by atoms with Crippen LogP contribution in [0.25, 0.3) is 0 Å². The summed E-state index contributed by atoms with van der Waals surface area (Å²) in [5.41, 5.74) is 3.70. The van der Waals surface area contributed by atoms with Crippen LogP contribution in [0, 0.1) is 0 Å². The minimum atomic E-state index is -0.0678. The molecule has 4 nitrogen and oxygen atoms in total. The van der Waals surface area contributed by atoms with Crippen LogP contribution in [-0.4, -0.2) is 44.3 Å². The van der Waals surface area contributed by atoms with Crippen LogP contribution in [0.3, 0.4) is 0 Å². The number of nitrogens with one attached hydrogen (secondary N) is 1. The van der Waals surface area contributed by atoms with E-state index < -0.39 is 0 Å². The Bertz CT molecular complexity index is 385. The van der Waals surface area contributed by atoms with Gasteiger partial charge in [-0.1, -0.05) is 30.3 Å². The minimum Gasteiger partial charge on any atom is -1.00 e. The second-order valence-electron chi connectivity index (χ2n) is 4.98. The monoisotopic (exact) mass is 269 g/mol. The van der Waals surface area contributed by atoms with Crippen molar-refractivity contribution >= 4 is 12.1 Å². The molecule has 5 heteroatoms. The van der Waals surface area contributed by atoms with E-state index in [9.17, 15) is 4.79 Å². The molecule has 1 aromatic rings. The first-order valence-corrected chi connectivity index (χ1v) is 5.62. The zero-order valence-corrected chi connectivity index (χ0v) is 11.8. The lowest BCUT2D eigenvalue weighted by molar-refractivity contribution is -0.862. The van der Waals surface area contributed by atoms with E-state index >= 15 is 0 Å². The highest BCUT2D eigenvalue weighted by Crippen LogP contribution is 1.97. The summed E-state index contributed by atoms with van der Waals surface area (Å²) in [4.78, 5) is 11.4. The van der Waals surface area contributed by atoms with Gasteiger partial charge in [-0.15, -0.1) is 0 Å². The zero-order chi connectivity index (χ0) is 12.7. The lowest BCUT2D eigenvalue weighted by atomic mass is 10.2. The molecule has 0 bridgehead atoms. The van der Waals surface area contributed by atoms with Gasteiger partial charge in [0.1, 0.15) is 0 Å². The number of nitrogens with zero attached hydrogens (tertiary/aromatic N) is 2. The van der Waals surface area contributed by atoms with Crippen LogP contribution in [0.2, 0.25) is 0 Å². The van der Waals surface area contributed by atoms with Gasteiger partial charge in [0.15, 0.2) is 6.54 Å². The van der Waals surface area contributed by atoms with Crippen molar-refractivity contribution in [1.82, 2.24) is 5.43 Å². The average molecular weight is 270 g/mol. The largest absolute Gasteiger partial charge is 1.00 e. The quantitative estimate of drug-likeness (QED) is 0.377. The molecule has 18 heavy (non-hydrogen) atoms. The summed E-state index contributed by atoms with van der Waals surface area (Å²) in [6.07, 6.45) is 2.44.